The lowest BCUT2D eigenvalue weighted by molar-refractivity contribution is -0.117. The van der Waals surface area contributed by atoms with E-state index in [2.05, 4.69) is 5.32 Å². The van der Waals surface area contributed by atoms with Crippen molar-refractivity contribution in [2.24, 2.45) is 0 Å². The van der Waals surface area contributed by atoms with Crippen molar-refractivity contribution in [2.75, 3.05) is 29.9 Å². The summed E-state index contributed by atoms with van der Waals surface area (Å²) in [6.07, 6.45) is 2.74. The SMILES string of the molecule is O=C(Nc1ccc(Cl)c(S(=O)(=O)N2CCCC2)c1)c1ccc(Cl)cc1N1CCCC1=O. The van der Waals surface area contributed by atoms with Gasteiger partial charge in [0.1, 0.15) is 4.90 Å². The van der Waals surface area contributed by atoms with Gasteiger partial charge in [-0.15, -0.1) is 0 Å². The van der Waals surface area contributed by atoms with Crippen LogP contribution in [0.25, 0.3) is 0 Å². The minimum Gasteiger partial charge on any atom is -0.322 e. The second-order valence-electron chi connectivity index (χ2n) is 7.52. The molecule has 0 bridgehead atoms. The van der Waals surface area contributed by atoms with Gasteiger partial charge in [0.25, 0.3) is 5.91 Å². The van der Waals surface area contributed by atoms with Gasteiger partial charge >= 0.3 is 0 Å². The van der Waals surface area contributed by atoms with Crippen molar-refractivity contribution in [3.05, 3.63) is 52.0 Å². The van der Waals surface area contributed by atoms with Crippen LogP contribution in [0.1, 0.15) is 36.0 Å². The Morgan fingerprint density at radius 1 is 0.968 bits per heavy atom. The van der Waals surface area contributed by atoms with Gasteiger partial charge in [0.15, 0.2) is 0 Å². The third-order valence-corrected chi connectivity index (χ3v) is 8.06. The van der Waals surface area contributed by atoms with Crippen molar-refractivity contribution in [3.8, 4) is 0 Å². The average Bonchev–Trinajstić information content (AvgIpc) is 3.41. The summed E-state index contributed by atoms with van der Waals surface area (Å²) in [4.78, 5) is 26.7. The summed E-state index contributed by atoms with van der Waals surface area (Å²) in [5.41, 5.74) is 1.01. The zero-order valence-electron chi connectivity index (χ0n) is 16.6. The third-order valence-electron chi connectivity index (χ3n) is 5.44. The monoisotopic (exact) mass is 481 g/mol. The Labute approximate surface area is 191 Å². The first kappa shape index (κ1) is 22.1. The predicted molar refractivity (Wildman–Crippen MR) is 120 cm³/mol. The topological polar surface area (TPSA) is 86.8 Å². The highest BCUT2D eigenvalue weighted by molar-refractivity contribution is 7.89. The molecule has 0 aliphatic carbocycles. The number of carbonyl (C=O) groups excluding carboxylic acids is 2. The highest BCUT2D eigenvalue weighted by atomic mass is 35.5. The van der Waals surface area contributed by atoms with Crippen LogP contribution in [0.3, 0.4) is 0 Å². The molecule has 0 unspecified atom stereocenters. The van der Waals surface area contributed by atoms with Crippen LogP contribution in [-0.4, -0.2) is 44.2 Å². The van der Waals surface area contributed by atoms with E-state index in [9.17, 15) is 18.0 Å². The van der Waals surface area contributed by atoms with Gasteiger partial charge in [-0.25, -0.2) is 8.42 Å². The minimum atomic E-state index is -3.75. The zero-order chi connectivity index (χ0) is 22.2. The molecular weight excluding hydrogens is 461 g/mol. The number of nitrogens with one attached hydrogen (secondary N) is 1. The van der Waals surface area contributed by atoms with Gasteiger partial charge in [0.2, 0.25) is 15.9 Å². The van der Waals surface area contributed by atoms with Crippen LogP contribution in [-0.2, 0) is 14.8 Å². The maximum absolute atomic E-state index is 13.0. The number of nitrogens with zero attached hydrogens (tertiary/aromatic N) is 2. The van der Waals surface area contributed by atoms with E-state index >= 15 is 0 Å². The molecule has 0 aromatic heterocycles. The van der Waals surface area contributed by atoms with Crippen molar-refractivity contribution in [2.45, 2.75) is 30.6 Å². The Morgan fingerprint density at radius 2 is 1.71 bits per heavy atom. The fraction of sp³-hybridized carbons (Fsp3) is 0.333. The van der Waals surface area contributed by atoms with Crippen LogP contribution in [0.2, 0.25) is 10.0 Å². The third kappa shape index (κ3) is 4.43. The van der Waals surface area contributed by atoms with Crippen LogP contribution in [0.4, 0.5) is 11.4 Å². The van der Waals surface area contributed by atoms with Crippen LogP contribution in [0.5, 0.6) is 0 Å². The smallest absolute Gasteiger partial charge is 0.257 e. The van der Waals surface area contributed by atoms with Crippen molar-refractivity contribution in [1.29, 1.82) is 0 Å². The number of hydrogen-bond acceptors (Lipinski definition) is 4. The first-order chi connectivity index (χ1) is 14.8. The van der Waals surface area contributed by atoms with Crippen molar-refractivity contribution in [3.63, 3.8) is 0 Å². The standard InChI is InChI=1S/C21H21Cl2N3O4S/c22-14-5-7-16(18(12-14)26-11-3-4-20(26)27)21(28)24-15-6-8-17(23)19(13-15)31(29,30)25-9-1-2-10-25/h5-8,12-13H,1-4,9-11H2,(H,24,28). The Kier molecular flexibility index (Phi) is 6.25. The summed E-state index contributed by atoms with van der Waals surface area (Å²) in [6, 6.07) is 9.07. The van der Waals surface area contributed by atoms with Gasteiger partial charge in [-0.2, -0.15) is 4.31 Å². The Morgan fingerprint density at radius 3 is 2.39 bits per heavy atom. The van der Waals surface area contributed by atoms with Crippen LogP contribution >= 0.6 is 23.2 Å². The van der Waals surface area contributed by atoms with E-state index in [-0.39, 0.29) is 21.4 Å². The van der Waals surface area contributed by atoms with Crippen LogP contribution in [0.15, 0.2) is 41.3 Å². The molecule has 2 aromatic rings. The van der Waals surface area contributed by atoms with E-state index in [4.69, 9.17) is 23.2 Å². The molecule has 31 heavy (non-hydrogen) atoms. The van der Waals surface area contributed by atoms with Gasteiger partial charge in [-0.3, -0.25) is 9.59 Å². The number of amides is 2. The summed E-state index contributed by atoms with van der Waals surface area (Å²) in [7, 11) is -3.75. The molecule has 2 aromatic carbocycles. The maximum Gasteiger partial charge on any atom is 0.257 e. The maximum atomic E-state index is 13.0. The fourth-order valence-corrected chi connectivity index (χ4v) is 6.05. The van der Waals surface area contributed by atoms with Crippen molar-refractivity contribution in [1.82, 2.24) is 4.31 Å². The lowest BCUT2D eigenvalue weighted by atomic mass is 10.1. The summed E-state index contributed by atoms with van der Waals surface area (Å²) in [5.74, 6) is -0.542. The largest absolute Gasteiger partial charge is 0.322 e. The molecule has 10 heteroatoms. The van der Waals surface area contributed by atoms with Crippen molar-refractivity contribution < 1.29 is 18.0 Å². The second-order valence-corrected chi connectivity index (χ2v) is 10.3. The minimum absolute atomic E-state index is 0.0417. The van der Waals surface area contributed by atoms with Gasteiger partial charge in [-0.1, -0.05) is 23.2 Å². The van der Waals surface area contributed by atoms with E-state index < -0.39 is 15.9 Å². The summed E-state index contributed by atoms with van der Waals surface area (Å²) < 4.78 is 27.3. The van der Waals surface area contributed by atoms with E-state index in [1.54, 1.807) is 29.2 Å². The molecule has 2 saturated heterocycles. The van der Waals surface area contributed by atoms with Gasteiger partial charge in [0.05, 0.1) is 16.3 Å². The summed E-state index contributed by atoms with van der Waals surface area (Å²) in [5, 5.41) is 3.24. The molecule has 2 heterocycles. The lowest BCUT2D eigenvalue weighted by Gasteiger charge is -2.20. The normalized spacial score (nSPS) is 17.4. The summed E-state index contributed by atoms with van der Waals surface area (Å²) in [6.45, 7) is 1.42. The number of halogens is 2. The highest BCUT2D eigenvalue weighted by Gasteiger charge is 2.30. The molecule has 4 rings (SSSR count). The number of carbonyl (C=O) groups is 2. The number of rotatable bonds is 5. The molecule has 2 fully saturated rings. The van der Waals surface area contributed by atoms with Crippen LogP contribution < -0.4 is 10.2 Å². The van der Waals surface area contributed by atoms with Gasteiger partial charge in [0, 0.05) is 36.8 Å². The highest BCUT2D eigenvalue weighted by Crippen LogP contribution is 2.32. The molecule has 7 nitrogen and oxygen atoms in total. The van der Waals surface area contributed by atoms with Gasteiger partial charge in [-0.05, 0) is 55.7 Å². The zero-order valence-corrected chi connectivity index (χ0v) is 18.9. The molecule has 0 spiro atoms. The first-order valence-electron chi connectivity index (χ1n) is 9.98. The quantitative estimate of drug-likeness (QED) is 0.694. The molecule has 164 valence electrons. The van der Waals surface area contributed by atoms with E-state index in [0.717, 1.165) is 12.8 Å². The molecule has 0 radical (unpaired) electrons. The fourth-order valence-electron chi connectivity index (χ4n) is 3.87. The Balaban J connectivity index is 1.64. The molecule has 0 atom stereocenters. The average molecular weight is 482 g/mol. The molecule has 2 aliphatic heterocycles. The Hall–Kier alpha value is -2.13. The lowest BCUT2D eigenvalue weighted by Crippen LogP contribution is -2.28. The Bertz CT molecular complexity index is 1150. The number of hydrogen-bond donors (Lipinski definition) is 1. The van der Waals surface area contributed by atoms with E-state index in [0.29, 0.717) is 48.9 Å². The summed E-state index contributed by atoms with van der Waals surface area (Å²) >= 11 is 12.3. The number of sulfonamides is 1. The molecule has 2 aliphatic rings. The second kappa shape index (κ2) is 8.78. The molecular formula is C21H21Cl2N3O4S. The molecule has 2 amide bonds. The number of anilines is 2. The van der Waals surface area contributed by atoms with Crippen LogP contribution in [0, 0.1) is 0 Å². The first-order valence-corrected chi connectivity index (χ1v) is 12.2. The number of benzene rings is 2. The van der Waals surface area contributed by atoms with Crippen molar-refractivity contribution >= 4 is 56.4 Å². The predicted octanol–water partition coefficient (Wildman–Crippen LogP) is 4.16. The molecule has 0 saturated carbocycles. The van der Waals surface area contributed by atoms with E-state index in [1.165, 1.54) is 16.4 Å². The van der Waals surface area contributed by atoms with Gasteiger partial charge < -0.3 is 10.2 Å². The molecule has 1 N–H and O–H groups in total. The van der Waals surface area contributed by atoms with E-state index in [1.807, 2.05) is 0 Å².